The highest BCUT2D eigenvalue weighted by atomic mass is 16.7. The van der Waals surface area contributed by atoms with Crippen molar-refractivity contribution in [1.82, 2.24) is 14.9 Å². The van der Waals surface area contributed by atoms with E-state index in [9.17, 15) is 4.79 Å². The van der Waals surface area contributed by atoms with E-state index in [0.717, 1.165) is 43.5 Å². The van der Waals surface area contributed by atoms with E-state index in [1.807, 2.05) is 0 Å². The van der Waals surface area contributed by atoms with Crippen molar-refractivity contribution in [1.29, 1.82) is 0 Å². The number of likely N-dealkylation sites (N-methyl/N-ethyl adjacent to an activating group) is 1. The second-order valence-corrected chi connectivity index (χ2v) is 10.5. The first kappa shape index (κ1) is 24.9. The van der Waals surface area contributed by atoms with Crippen LogP contribution in [0.5, 0.6) is 6.01 Å². The first-order valence-electron chi connectivity index (χ1n) is 13.5. The van der Waals surface area contributed by atoms with Crippen LogP contribution in [-0.4, -0.2) is 66.0 Å². The zero-order chi connectivity index (χ0) is 26.2. The molecule has 3 atom stereocenters. The average molecular weight is 518 g/mol. The molecule has 2 N–H and O–H groups in total. The number of rotatable bonds is 6. The number of amides is 1. The molecule has 2 fully saturated rings. The van der Waals surface area contributed by atoms with Crippen molar-refractivity contribution in [2.24, 2.45) is 0 Å². The molecule has 1 unspecified atom stereocenters. The topological polar surface area (TPSA) is 103 Å². The number of hydrogen-bond donors (Lipinski definition) is 1. The molecule has 2 aromatic carbocycles. The van der Waals surface area contributed by atoms with E-state index in [0.29, 0.717) is 25.4 Å². The Balaban J connectivity index is 1.19. The van der Waals surface area contributed by atoms with Gasteiger partial charge in [0.2, 0.25) is 5.91 Å². The summed E-state index contributed by atoms with van der Waals surface area (Å²) < 4.78 is 18.0. The molecular formula is C29H35N5O4. The minimum absolute atomic E-state index is 0.0336. The Bertz CT molecular complexity index is 1340. The molecule has 0 spiro atoms. The van der Waals surface area contributed by atoms with Crippen LogP contribution < -0.4 is 15.4 Å². The van der Waals surface area contributed by atoms with Crippen LogP contribution >= 0.6 is 0 Å². The molecule has 1 aromatic heterocycles. The molecule has 6 rings (SSSR count). The molecule has 0 saturated carbocycles. The number of fused-ring (bicyclic) bond motifs is 2. The standard InChI is InChI=1S/C29H35N5O4/c1-18-7-5-8-19-9-6-10-22(27(18)19)34-13-12-20-21(16-34)31-29(32-28(20)30)37-17-23-24(15-25(35)33(23)2)38-26-11-3-4-14-36-26/h5-10,23-24,26H,3-4,11-17H2,1-2H3,(H2,30,31,32)/t23-,24-,26?/m1/s1. The number of nitrogens with zero attached hydrogens (tertiary/aromatic N) is 4. The van der Waals surface area contributed by atoms with Crippen molar-refractivity contribution in [3.05, 3.63) is 53.2 Å². The molecule has 9 heteroatoms. The lowest BCUT2D eigenvalue weighted by atomic mass is 10.00. The Labute approximate surface area is 222 Å². The van der Waals surface area contributed by atoms with Gasteiger partial charge in [0.1, 0.15) is 12.4 Å². The van der Waals surface area contributed by atoms with Crippen LogP contribution in [0.2, 0.25) is 0 Å². The number of carbonyl (C=O) groups excluding carboxylic acids is 1. The fourth-order valence-corrected chi connectivity index (χ4v) is 5.89. The summed E-state index contributed by atoms with van der Waals surface area (Å²) in [6.45, 7) is 4.53. The highest BCUT2D eigenvalue weighted by Gasteiger charge is 2.40. The van der Waals surface area contributed by atoms with Gasteiger partial charge in [-0.15, -0.1) is 0 Å². The Morgan fingerprint density at radius 2 is 2.00 bits per heavy atom. The van der Waals surface area contributed by atoms with Gasteiger partial charge in [-0.1, -0.05) is 30.3 Å². The predicted molar refractivity (Wildman–Crippen MR) is 145 cm³/mol. The first-order valence-corrected chi connectivity index (χ1v) is 13.5. The van der Waals surface area contributed by atoms with E-state index >= 15 is 0 Å². The van der Waals surface area contributed by atoms with Crippen molar-refractivity contribution in [3.63, 3.8) is 0 Å². The van der Waals surface area contributed by atoms with Crippen LogP contribution in [0.25, 0.3) is 10.8 Å². The quantitative estimate of drug-likeness (QED) is 0.529. The summed E-state index contributed by atoms with van der Waals surface area (Å²) in [5, 5.41) is 2.49. The van der Waals surface area contributed by atoms with Crippen molar-refractivity contribution in [2.75, 3.05) is 37.4 Å². The molecule has 0 aliphatic carbocycles. The van der Waals surface area contributed by atoms with E-state index < -0.39 is 0 Å². The molecule has 1 amide bonds. The molecule has 0 radical (unpaired) electrons. The molecule has 2 saturated heterocycles. The first-order chi connectivity index (χ1) is 18.5. The summed E-state index contributed by atoms with van der Waals surface area (Å²) in [5.41, 5.74) is 10.7. The Morgan fingerprint density at radius 3 is 2.82 bits per heavy atom. The molecule has 4 heterocycles. The number of likely N-dealkylation sites (tertiary alicyclic amines) is 1. The normalized spacial score (nSPS) is 23.6. The molecule has 200 valence electrons. The van der Waals surface area contributed by atoms with Crippen LogP contribution in [0.1, 0.15) is 42.5 Å². The van der Waals surface area contributed by atoms with Crippen molar-refractivity contribution >= 4 is 28.2 Å². The second-order valence-electron chi connectivity index (χ2n) is 10.5. The van der Waals surface area contributed by atoms with Crippen LogP contribution in [0.15, 0.2) is 36.4 Å². The number of anilines is 2. The monoisotopic (exact) mass is 517 g/mol. The number of nitrogens with two attached hydrogens (primary N) is 1. The van der Waals surface area contributed by atoms with Gasteiger partial charge in [0.15, 0.2) is 6.29 Å². The maximum absolute atomic E-state index is 12.5. The number of aromatic nitrogens is 2. The van der Waals surface area contributed by atoms with Gasteiger partial charge in [-0.05, 0) is 49.6 Å². The average Bonchev–Trinajstić information content (AvgIpc) is 3.19. The number of benzene rings is 2. The summed E-state index contributed by atoms with van der Waals surface area (Å²) in [5.74, 6) is 0.490. The van der Waals surface area contributed by atoms with Crippen LogP contribution in [0, 0.1) is 6.92 Å². The lowest BCUT2D eigenvalue weighted by molar-refractivity contribution is -0.193. The van der Waals surface area contributed by atoms with Gasteiger partial charge in [0, 0.05) is 36.8 Å². The summed E-state index contributed by atoms with van der Waals surface area (Å²) in [4.78, 5) is 25.7. The van der Waals surface area contributed by atoms with Gasteiger partial charge < -0.3 is 29.7 Å². The number of ether oxygens (including phenoxy) is 3. The Morgan fingerprint density at radius 1 is 1.16 bits per heavy atom. The minimum atomic E-state index is -0.296. The number of hydrogen-bond acceptors (Lipinski definition) is 8. The zero-order valence-electron chi connectivity index (χ0n) is 22.1. The van der Waals surface area contributed by atoms with Crippen LogP contribution in [0.4, 0.5) is 11.5 Å². The lowest BCUT2D eigenvalue weighted by Gasteiger charge is -2.32. The van der Waals surface area contributed by atoms with Crippen molar-refractivity contribution in [2.45, 2.75) is 64.0 Å². The van der Waals surface area contributed by atoms with Gasteiger partial charge >= 0.3 is 6.01 Å². The third kappa shape index (κ3) is 4.76. The van der Waals surface area contributed by atoms with Crippen LogP contribution in [0.3, 0.4) is 0 Å². The summed E-state index contributed by atoms with van der Waals surface area (Å²) in [6, 6.07) is 12.8. The highest BCUT2D eigenvalue weighted by Crippen LogP contribution is 2.34. The molecule has 3 aliphatic rings. The Kier molecular flexibility index (Phi) is 6.80. The number of aryl methyl sites for hydroxylation is 1. The van der Waals surface area contributed by atoms with Crippen molar-refractivity contribution < 1.29 is 19.0 Å². The van der Waals surface area contributed by atoms with E-state index in [1.165, 1.54) is 22.0 Å². The maximum atomic E-state index is 12.5. The Hall–Kier alpha value is -3.43. The number of nitrogen functional groups attached to an aromatic ring is 1. The van der Waals surface area contributed by atoms with Crippen molar-refractivity contribution in [3.8, 4) is 6.01 Å². The van der Waals surface area contributed by atoms with Crippen LogP contribution in [-0.2, 0) is 27.2 Å². The molecule has 3 aromatic rings. The van der Waals surface area contributed by atoms with Gasteiger partial charge in [-0.3, -0.25) is 4.79 Å². The molecule has 0 bridgehead atoms. The second kappa shape index (κ2) is 10.4. The third-order valence-corrected chi connectivity index (χ3v) is 8.05. The molecule has 9 nitrogen and oxygen atoms in total. The van der Waals surface area contributed by atoms with Gasteiger partial charge in [-0.25, -0.2) is 0 Å². The highest BCUT2D eigenvalue weighted by molar-refractivity contribution is 5.97. The smallest absolute Gasteiger partial charge is 0.318 e. The maximum Gasteiger partial charge on any atom is 0.318 e. The fraction of sp³-hybridized carbons (Fsp3) is 0.483. The largest absolute Gasteiger partial charge is 0.461 e. The van der Waals surface area contributed by atoms with E-state index in [2.05, 4.69) is 53.2 Å². The lowest BCUT2D eigenvalue weighted by Crippen LogP contribution is -2.42. The SMILES string of the molecule is Cc1cccc2cccc(N3CCc4c(N)nc(OC[C@@H]5[C@H](OC6CCCCO6)CC(=O)N5C)nc4C3)c12. The minimum Gasteiger partial charge on any atom is -0.461 e. The third-order valence-electron chi connectivity index (χ3n) is 8.05. The fourth-order valence-electron chi connectivity index (χ4n) is 5.89. The van der Waals surface area contributed by atoms with Gasteiger partial charge in [0.05, 0.1) is 30.8 Å². The molecular weight excluding hydrogens is 482 g/mol. The summed E-state index contributed by atoms with van der Waals surface area (Å²) in [6.07, 6.45) is 3.48. The summed E-state index contributed by atoms with van der Waals surface area (Å²) >= 11 is 0. The van der Waals surface area contributed by atoms with E-state index in [4.69, 9.17) is 24.9 Å². The summed E-state index contributed by atoms with van der Waals surface area (Å²) in [7, 11) is 1.79. The zero-order valence-corrected chi connectivity index (χ0v) is 22.1. The van der Waals surface area contributed by atoms with Gasteiger partial charge in [0.25, 0.3) is 0 Å². The molecule has 38 heavy (non-hydrogen) atoms. The van der Waals surface area contributed by atoms with E-state index in [-0.39, 0.29) is 37.0 Å². The van der Waals surface area contributed by atoms with E-state index in [1.54, 1.807) is 11.9 Å². The van der Waals surface area contributed by atoms with Gasteiger partial charge in [-0.2, -0.15) is 9.97 Å². The number of carbonyl (C=O) groups is 1. The predicted octanol–water partition coefficient (Wildman–Crippen LogP) is 3.60. The molecule has 3 aliphatic heterocycles.